The number of fused-ring (bicyclic) bond motifs is 3. The first kappa shape index (κ1) is 32.7. The van der Waals surface area contributed by atoms with Crippen molar-refractivity contribution in [1.29, 1.82) is 0 Å². The summed E-state index contributed by atoms with van der Waals surface area (Å²) in [4.78, 5) is 9.21. The van der Waals surface area contributed by atoms with Crippen molar-refractivity contribution in [3.63, 3.8) is 0 Å². The summed E-state index contributed by atoms with van der Waals surface area (Å²) < 4.78 is 38.5. The van der Waals surface area contributed by atoms with Gasteiger partial charge in [-0.25, -0.2) is 0 Å². The van der Waals surface area contributed by atoms with Gasteiger partial charge in [0.25, 0.3) is 0 Å². The van der Waals surface area contributed by atoms with Crippen molar-refractivity contribution in [2.45, 2.75) is 73.4 Å². The molecule has 1 radical (unpaired) electrons. The van der Waals surface area contributed by atoms with Gasteiger partial charge in [0.1, 0.15) is 5.58 Å². The topological polar surface area (TPSA) is 38.9 Å². The molecule has 0 saturated carbocycles. The molecule has 0 aliphatic heterocycles. The molecule has 0 saturated heterocycles. The molecule has 7 aromatic rings. The minimum Gasteiger partial charge on any atom is -0.501 e. The Morgan fingerprint density at radius 1 is 0.824 bits per heavy atom. The van der Waals surface area contributed by atoms with Crippen molar-refractivity contribution >= 4 is 35.2 Å². The predicted octanol–water partition coefficient (Wildman–Crippen LogP) is 12.2. The average Bonchev–Trinajstić information content (AvgIpc) is 3.49. The first-order chi connectivity index (χ1) is 25.3. The Kier molecular flexibility index (Phi) is 10.0. The van der Waals surface area contributed by atoms with Crippen LogP contribution in [0, 0.1) is 24.4 Å². The van der Waals surface area contributed by atoms with E-state index in [4.69, 9.17) is 14.9 Å². The first-order valence-electron chi connectivity index (χ1n) is 19.2. The van der Waals surface area contributed by atoms with Crippen molar-refractivity contribution < 1.29 is 30.0 Å². The Morgan fingerprint density at radius 2 is 1.57 bits per heavy atom. The Hall–Kier alpha value is -4.15. The smallest absolute Gasteiger partial charge is 0.121 e. The molecule has 51 heavy (non-hydrogen) atoms. The normalized spacial score (nSPS) is 13.3. The van der Waals surface area contributed by atoms with E-state index in [1.165, 1.54) is 16.9 Å². The molecule has 263 valence electrons. The molecule has 0 unspecified atom stereocenters. The van der Waals surface area contributed by atoms with Crippen LogP contribution < -0.4 is 5.19 Å². The van der Waals surface area contributed by atoms with E-state index < -0.39 is 20.8 Å². The van der Waals surface area contributed by atoms with E-state index >= 15 is 0 Å². The van der Waals surface area contributed by atoms with Crippen molar-refractivity contribution in [2.24, 2.45) is 5.41 Å². The van der Waals surface area contributed by atoms with Crippen molar-refractivity contribution in [2.75, 3.05) is 0 Å². The molecule has 3 aromatic heterocycles. The number of aryl methyl sites for hydroxylation is 1. The number of nitrogens with zero attached hydrogens (tertiary/aromatic N) is 2. The van der Waals surface area contributed by atoms with Gasteiger partial charge >= 0.3 is 0 Å². The minimum absolute atomic E-state index is 0. The van der Waals surface area contributed by atoms with Gasteiger partial charge in [-0.15, -0.1) is 54.1 Å². The van der Waals surface area contributed by atoms with E-state index in [1.54, 1.807) is 6.07 Å². The van der Waals surface area contributed by atoms with Crippen LogP contribution in [-0.2, 0) is 26.5 Å². The number of furan rings is 1. The maximum Gasteiger partial charge on any atom is 0.121 e. The van der Waals surface area contributed by atoms with Crippen molar-refractivity contribution in [1.82, 2.24) is 9.97 Å². The first-order valence-corrected chi connectivity index (χ1v) is 20.7. The molecule has 7 rings (SSSR count). The van der Waals surface area contributed by atoms with E-state index in [0.717, 1.165) is 39.6 Å². The van der Waals surface area contributed by atoms with Crippen molar-refractivity contribution in [3.05, 3.63) is 138 Å². The quantitative estimate of drug-likeness (QED) is 0.123. The largest absolute Gasteiger partial charge is 0.501 e. The number of pyridine rings is 2. The summed E-state index contributed by atoms with van der Waals surface area (Å²) in [5.41, 5.74) is 8.96. The Bertz CT molecular complexity index is 2410. The van der Waals surface area contributed by atoms with E-state index in [1.807, 2.05) is 92.7 Å². The number of benzene rings is 4. The molecule has 0 atom stereocenters. The Balaban J connectivity index is 0.000000229. The second kappa shape index (κ2) is 15.6. The van der Waals surface area contributed by atoms with Gasteiger partial charge in [-0.2, -0.15) is 0 Å². The van der Waals surface area contributed by atoms with Gasteiger partial charge < -0.3 is 14.4 Å². The summed E-state index contributed by atoms with van der Waals surface area (Å²) in [5.74, 6) is -0.737. The Labute approximate surface area is 324 Å². The van der Waals surface area contributed by atoms with Crippen LogP contribution in [0.25, 0.3) is 55.6 Å². The molecule has 0 N–H and O–H groups in total. The molecular weight excluding hydrogens is 817 g/mol. The van der Waals surface area contributed by atoms with Gasteiger partial charge in [0.15, 0.2) is 0 Å². The van der Waals surface area contributed by atoms with Crippen LogP contribution in [0.15, 0.2) is 114 Å². The molecule has 5 heteroatoms. The number of hydrogen-bond acceptors (Lipinski definition) is 3. The third-order valence-corrected chi connectivity index (χ3v) is 10.8. The molecule has 0 spiro atoms. The minimum atomic E-state index is -2.29. The van der Waals surface area contributed by atoms with Gasteiger partial charge in [0.05, 0.1) is 13.7 Å². The average molecular weight is 869 g/mol. The van der Waals surface area contributed by atoms with Crippen LogP contribution in [0.5, 0.6) is 0 Å². The van der Waals surface area contributed by atoms with Gasteiger partial charge in [-0.1, -0.05) is 125 Å². The molecule has 3 nitrogen and oxygen atoms in total. The second-order valence-electron chi connectivity index (χ2n) is 15.4. The fourth-order valence-electron chi connectivity index (χ4n) is 6.28. The third kappa shape index (κ3) is 8.84. The van der Waals surface area contributed by atoms with E-state index in [0.29, 0.717) is 28.0 Å². The van der Waals surface area contributed by atoms with E-state index in [9.17, 15) is 0 Å². The van der Waals surface area contributed by atoms with Gasteiger partial charge in [-0.3, -0.25) is 0 Å². The van der Waals surface area contributed by atoms with Crippen molar-refractivity contribution in [3.8, 4) is 33.6 Å². The zero-order valence-corrected chi connectivity index (χ0v) is 34.1. The standard InChI is InChI=1S/C27H22NO.C19H26NSi.Ir/c1-17(2)20-12-13-21-22-10-7-11-23(27(22)29-26(21)14-20)25-15-24(18(3)16-28-25)19-8-5-4-6-9-19;1-19(2,3)13-16-12-17(15-10-8-7-9-11-15)20-14-18(16)21(4,5)6;/h4-10,12-17H,1-3H3;7-10,12,14H,13H2,1-6H3;/q2*-1;/i3D3,17D;;. The maximum atomic E-state index is 8.33. The fraction of sp³-hybridized carbons (Fsp3) is 0.261. The summed E-state index contributed by atoms with van der Waals surface area (Å²) >= 11 is 0. The molecule has 0 amide bonds. The van der Waals surface area contributed by atoms with E-state index in [2.05, 4.69) is 75.9 Å². The summed E-state index contributed by atoms with van der Waals surface area (Å²) in [6.07, 6.45) is 4.64. The maximum absolute atomic E-state index is 8.33. The molecule has 0 bridgehead atoms. The van der Waals surface area contributed by atoms with Gasteiger partial charge in [0.2, 0.25) is 0 Å². The Morgan fingerprint density at radius 3 is 2.24 bits per heavy atom. The van der Waals surface area contributed by atoms with Crippen LogP contribution >= 0.6 is 0 Å². The van der Waals surface area contributed by atoms with Gasteiger partial charge in [-0.05, 0) is 69.5 Å². The summed E-state index contributed by atoms with van der Waals surface area (Å²) in [5, 5.41) is 3.36. The predicted molar refractivity (Wildman–Crippen MR) is 215 cm³/mol. The third-order valence-electron chi connectivity index (χ3n) is 8.76. The van der Waals surface area contributed by atoms with Crippen LogP contribution in [0.3, 0.4) is 0 Å². The molecule has 4 aromatic carbocycles. The van der Waals surface area contributed by atoms with E-state index in [-0.39, 0.29) is 31.1 Å². The molecule has 0 fully saturated rings. The van der Waals surface area contributed by atoms with Gasteiger partial charge in [0, 0.05) is 43.4 Å². The monoisotopic (exact) mass is 869 g/mol. The van der Waals surface area contributed by atoms with Crippen LogP contribution in [0.4, 0.5) is 0 Å². The fourth-order valence-corrected chi connectivity index (χ4v) is 7.86. The molecule has 3 heterocycles. The zero-order valence-electron chi connectivity index (χ0n) is 34.7. The van der Waals surface area contributed by atoms with Crippen LogP contribution in [0.2, 0.25) is 19.6 Å². The second-order valence-corrected chi connectivity index (χ2v) is 20.4. The zero-order chi connectivity index (χ0) is 39.1. The number of hydrogen-bond donors (Lipinski definition) is 0. The SMILES string of the molecule is CC(C)(C)Cc1cc(-c2[c-]cccc2)ncc1[Si](C)(C)C.[2H]C([2H])([2H])c1cnc(-c2[c-]ccc3c2oc2cc(C([2H])(C)C)ccc23)cc1-c1ccccc1.[Ir]. The molecule has 0 aliphatic rings. The van der Waals surface area contributed by atoms with Crippen LogP contribution in [0.1, 0.15) is 62.7 Å². The summed E-state index contributed by atoms with van der Waals surface area (Å²) in [6.45, 7) is 15.5. The van der Waals surface area contributed by atoms with Crippen LogP contribution in [-0.4, -0.2) is 18.0 Å². The summed E-state index contributed by atoms with van der Waals surface area (Å²) in [7, 11) is -1.37. The molecular formula is C46H48IrN2OSi-2. The molecule has 0 aliphatic carbocycles. The summed E-state index contributed by atoms with van der Waals surface area (Å²) in [6, 6.07) is 37.8. The number of rotatable bonds is 6. The number of aromatic nitrogens is 2.